The fourth-order valence-corrected chi connectivity index (χ4v) is 4.36. The van der Waals surface area contributed by atoms with Gasteiger partial charge in [-0.25, -0.2) is 4.98 Å². The van der Waals surface area contributed by atoms with Crippen molar-refractivity contribution in [2.45, 2.75) is 57.9 Å². The van der Waals surface area contributed by atoms with E-state index in [1.54, 1.807) is 0 Å². The molecule has 3 heterocycles. The normalized spacial score (nSPS) is 16.8. The predicted molar refractivity (Wildman–Crippen MR) is 112 cm³/mol. The van der Waals surface area contributed by atoms with Crippen molar-refractivity contribution in [2.24, 2.45) is 0 Å². The van der Waals surface area contributed by atoms with Crippen LogP contribution in [0.15, 0.2) is 30.3 Å². The largest absolute Gasteiger partial charge is 0.349 e. The van der Waals surface area contributed by atoms with Crippen LogP contribution in [0, 0.1) is 0 Å². The predicted octanol–water partition coefficient (Wildman–Crippen LogP) is 3.21. The SMILES string of the molecule is O=C(NCCc1ccccc1)c1nc(C(=O)N2CCCCCC2)c2n1CCCC2. The minimum absolute atomic E-state index is 0.000820. The molecule has 0 saturated carbocycles. The van der Waals surface area contributed by atoms with Crippen LogP contribution in [0.1, 0.15) is 70.9 Å². The molecule has 1 aromatic carbocycles. The number of imidazole rings is 1. The van der Waals surface area contributed by atoms with Gasteiger partial charge < -0.3 is 14.8 Å². The second kappa shape index (κ2) is 9.25. The Morgan fingerprint density at radius 1 is 0.931 bits per heavy atom. The Bertz CT molecular complexity index is 851. The zero-order valence-electron chi connectivity index (χ0n) is 17.0. The van der Waals surface area contributed by atoms with Crippen LogP contribution in [-0.4, -0.2) is 45.9 Å². The first-order chi connectivity index (χ1) is 14.2. The summed E-state index contributed by atoms with van der Waals surface area (Å²) in [6, 6.07) is 10.1. The molecule has 1 saturated heterocycles. The topological polar surface area (TPSA) is 67.2 Å². The van der Waals surface area contributed by atoms with E-state index in [-0.39, 0.29) is 11.8 Å². The highest BCUT2D eigenvalue weighted by Gasteiger charge is 2.30. The number of nitrogens with zero attached hydrogens (tertiary/aromatic N) is 3. The van der Waals surface area contributed by atoms with Crippen molar-refractivity contribution in [2.75, 3.05) is 19.6 Å². The molecule has 0 bridgehead atoms. The minimum Gasteiger partial charge on any atom is -0.349 e. The molecule has 1 N–H and O–H groups in total. The highest BCUT2D eigenvalue weighted by molar-refractivity contribution is 5.97. The average Bonchev–Trinajstić information content (AvgIpc) is 2.93. The molecule has 1 aromatic heterocycles. The summed E-state index contributed by atoms with van der Waals surface area (Å²) in [5.41, 5.74) is 2.63. The van der Waals surface area contributed by atoms with E-state index in [1.807, 2.05) is 27.7 Å². The zero-order chi connectivity index (χ0) is 20.1. The molecule has 0 atom stereocenters. The summed E-state index contributed by atoms with van der Waals surface area (Å²) >= 11 is 0. The van der Waals surface area contributed by atoms with Crippen molar-refractivity contribution < 1.29 is 9.59 Å². The smallest absolute Gasteiger partial charge is 0.287 e. The number of fused-ring (bicyclic) bond motifs is 1. The van der Waals surface area contributed by atoms with E-state index in [4.69, 9.17) is 0 Å². The van der Waals surface area contributed by atoms with Crippen LogP contribution < -0.4 is 5.32 Å². The van der Waals surface area contributed by atoms with Gasteiger partial charge >= 0.3 is 0 Å². The van der Waals surface area contributed by atoms with Gasteiger partial charge in [-0.05, 0) is 44.1 Å². The monoisotopic (exact) mass is 394 g/mol. The van der Waals surface area contributed by atoms with Gasteiger partial charge in [0.25, 0.3) is 11.8 Å². The Morgan fingerprint density at radius 3 is 2.41 bits per heavy atom. The molecule has 29 heavy (non-hydrogen) atoms. The number of hydrogen-bond acceptors (Lipinski definition) is 3. The third-order valence-corrected chi connectivity index (χ3v) is 5.96. The number of carbonyl (C=O) groups is 2. The fourth-order valence-electron chi connectivity index (χ4n) is 4.36. The van der Waals surface area contributed by atoms with Gasteiger partial charge in [-0.2, -0.15) is 0 Å². The first-order valence-electron chi connectivity index (χ1n) is 10.9. The van der Waals surface area contributed by atoms with Gasteiger partial charge in [-0.3, -0.25) is 9.59 Å². The number of nitrogens with one attached hydrogen (secondary N) is 1. The average molecular weight is 395 g/mol. The number of benzene rings is 1. The first kappa shape index (κ1) is 19.7. The van der Waals surface area contributed by atoms with Crippen molar-refractivity contribution in [1.29, 1.82) is 0 Å². The summed E-state index contributed by atoms with van der Waals surface area (Å²) in [7, 11) is 0. The van der Waals surface area contributed by atoms with Gasteiger partial charge in [-0.15, -0.1) is 0 Å². The third-order valence-electron chi connectivity index (χ3n) is 5.96. The first-order valence-corrected chi connectivity index (χ1v) is 10.9. The van der Waals surface area contributed by atoms with Crippen molar-refractivity contribution in [1.82, 2.24) is 19.8 Å². The Labute approximate surface area is 172 Å². The van der Waals surface area contributed by atoms with Gasteiger partial charge in [0.15, 0.2) is 5.82 Å². The second-order valence-corrected chi connectivity index (χ2v) is 8.04. The fraction of sp³-hybridized carbons (Fsp3) is 0.522. The van der Waals surface area contributed by atoms with Crippen LogP contribution in [-0.2, 0) is 19.4 Å². The van der Waals surface area contributed by atoms with Crippen molar-refractivity contribution in [3.63, 3.8) is 0 Å². The molecule has 1 fully saturated rings. The van der Waals surface area contributed by atoms with E-state index < -0.39 is 0 Å². The number of carbonyl (C=O) groups excluding carboxylic acids is 2. The molecule has 4 rings (SSSR count). The quantitative estimate of drug-likeness (QED) is 0.847. The summed E-state index contributed by atoms with van der Waals surface area (Å²) in [6.07, 6.45) is 8.12. The summed E-state index contributed by atoms with van der Waals surface area (Å²) in [5, 5.41) is 2.99. The number of amides is 2. The van der Waals surface area contributed by atoms with Gasteiger partial charge in [0, 0.05) is 26.2 Å². The van der Waals surface area contributed by atoms with Crippen LogP contribution in [0.5, 0.6) is 0 Å². The molecular weight excluding hydrogens is 364 g/mol. The lowest BCUT2D eigenvalue weighted by molar-refractivity contribution is 0.0754. The number of aromatic nitrogens is 2. The lowest BCUT2D eigenvalue weighted by Gasteiger charge is -2.21. The molecule has 0 aliphatic carbocycles. The van der Waals surface area contributed by atoms with E-state index in [9.17, 15) is 9.59 Å². The maximum atomic E-state index is 13.2. The molecule has 0 radical (unpaired) electrons. The lowest BCUT2D eigenvalue weighted by atomic mass is 10.1. The van der Waals surface area contributed by atoms with Gasteiger partial charge in [0.1, 0.15) is 5.69 Å². The van der Waals surface area contributed by atoms with E-state index in [0.717, 1.165) is 63.9 Å². The highest BCUT2D eigenvalue weighted by atomic mass is 16.2. The Hall–Kier alpha value is -2.63. The van der Waals surface area contributed by atoms with Crippen molar-refractivity contribution >= 4 is 11.8 Å². The molecule has 0 spiro atoms. The molecule has 6 heteroatoms. The van der Waals surface area contributed by atoms with Crippen LogP contribution in [0.2, 0.25) is 0 Å². The van der Waals surface area contributed by atoms with E-state index >= 15 is 0 Å². The molecule has 0 unspecified atom stereocenters. The van der Waals surface area contributed by atoms with E-state index in [1.165, 1.54) is 18.4 Å². The van der Waals surface area contributed by atoms with E-state index in [2.05, 4.69) is 22.4 Å². The summed E-state index contributed by atoms with van der Waals surface area (Å²) < 4.78 is 1.98. The number of likely N-dealkylation sites (tertiary alicyclic amines) is 1. The zero-order valence-corrected chi connectivity index (χ0v) is 17.0. The van der Waals surface area contributed by atoms with Gasteiger partial charge in [0.2, 0.25) is 0 Å². The highest BCUT2D eigenvalue weighted by Crippen LogP contribution is 2.23. The molecule has 2 amide bonds. The standard InChI is InChI=1S/C23H30N4O2/c28-22(24-14-13-18-10-4-3-5-11-18)21-25-20(19-12-6-9-17-27(19)21)23(29)26-15-7-1-2-8-16-26/h3-5,10-11H,1-2,6-9,12-17H2,(H,24,28). The second-order valence-electron chi connectivity index (χ2n) is 8.04. The van der Waals surface area contributed by atoms with E-state index in [0.29, 0.717) is 18.1 Å². The van der Waals surface area contributed by atoms with Crippen LogP contribution in [0.3, 0.4) is 0 Å². The Balaban J connectivity index is 1.49. The third kappa shape index (κ3) is 4.52. The molecular formula is C23H30N4O2. The molecule has 2 aliphatic heterocycles. The maximum absolute atomic E-state index is 13.2. The Kier molecular flexibility index (Phi) is 6.27. The van der Waals surface area contributed by atoms with Crippen LogP contribution >= 0.6 is 0 Å². The molecule has 2 aromatic rings. The van der Waals surface area contributed by atoms with Crippen molar-refractivity contribution in [3.8, 4) is 0 Å². The molecule has 6 nitrogen and oxygen atoms in total. The minimum atomic E-state index is -0.181. The van der Waals surface area contributed by atoms with Gasteiger partial charge in [-0.1, -0.05) is 43.2 Å². The Morgan fingerprint density at radius 2 is 1.66 bits per heavy atom. The summed E-state index contributed by atoms with van der Waals surface area (Å²) in [4.78, 5) is 32.5. The maximum Gasteiger partial charge on any atom is 0.287 e. The van der Waals surface area contributed by atoms with Crippen molar-refractivity contribution in [3.05, 3.63) is 53.1 Å². The van der Waals surface area contributed by atoms with Crippen LogP contribution in [0.25, 0.3) is 0 Å². The summed E-state index contributed by atoms with van der Waals surface area (Å²) in [5.74, 6) is 0.214. The number of hydrogen-bond donors (Lipinski definition) is 1. The molecule has 2 aliphatic rings. The number of rotatable bonds is 5. The lowest BCUT2D eigenvalue weighted by Crippen LogP contribution is -2.33. The van der Waals surface area contributed by atoms with Crippen LogP contribution in [0.4, 0.5) is 0 Å². The summed E-state index contributed by atoms with van der Waals surface area (Å²) in [6.45, 7) is 2.91. The van der Waals surface area contributed by atoms with Gasteiger partial charge in [0.05, 0.1) is 5.69 Å². The molecule has 154 valence electrons.